The van der Waals surface area contributed by atoms with Crippen molar-refractivity contribution in [1.29, 1.82) is 0 Å². The third-order valence-electron chi connectivity index (χ3n) is 5.97. The van der Waals surface area contributed by atoms with Gasteiger partial charge in [-0.3, -0.25) is 9.59 Å². The molecule has 9 heteroatoms. The fraction of sp³-hybridized carbons (Fsp3) is 0.185. The van der Waals surface area contributed by atoms with Crippen LogP contribution < -0.4 is 5.32 Å². The second kappa shape index (κ2) is 10.2. The lowest BCUT2D eigenvalue weighted by atomic mass is 9.98. The third kappa shape index (κ3) is 5.34. The van der Waals surface area contributed by atoms with Gasteiger partial charge in [0.15, 0.2) is 5.17 Å². The van der Waals surface area contributed by atoms with E-state index in [2.05, 4.69) is 10.3 Å². The van der Waals surface area contributed by atoms with Crippen LogP contribution in [0.3, 0.4) is 0 Å². The van der Waals surface area contributed by atoms with Crippen LogP contribution in [0.2, 0.25) is 5.02 Å². The number of rotatable bonds is 5. The molecule has 0 aromatic heterocycles. The van der Waals surface area contributed by atoms with E-state index in [1.165, 1.54) is 36.0 Å². The molecule has 182 valence electrons. The van der Waals surface area contributed by atoms with Crippen LogP contribution in [0.4, 0.5) is 10.1 Å². The average Bonchev–Trinajstić information content (AvgIpc) is 3.45. The van der Waals surface area contributed by atoms with Crippen molar-refractivity contribution >= 4 is 51.7 Å². The summed E-state index contributed by atoms with van der Waals surface area (Å²) in [5, 5.41) is 9.76. The summed E-state index contributed by atoms with van der Waals surface area (Å²) in [7, 11) is 0. The number of halogens is 2. The molecule has 6 nitrogen and oxygen atoms in total. The van der Waals surface area contributed by atoms with Gasteiger partial charge < -0.3 is 5.32 Å². The molecular formula is C27H22ClFN4O2S. The zero-order valence-electron chi connectivity index (χ0n) is 19.3. The Hall–Kier alpha value is -3.49. The highest BCUT2D eigenvalue weighted by Crippen LogP contribution is 2.39. The van der Waals surface area contributed by atoms with Gasteiger partial charge in [0.25, 0.3) is 5.91 Å². The van der Waals surface area contributed by atoms with Gasteiger partial charge in [-0.25, -0.2) is 9.40 Å². The molecule has 0 bridgehead atoms. The molecule has 0 saturated carbocycles. The normalized spacial score (nSPS) is 19.3. The van der Waals surface area contributed by atoms with E-state index >= 15 is 0 Å². The van der Waals surface area contributed by atoms with Crippen molar-refractivity contribution in [3.05, 3.63) is 100 Å². The van der Waals surface area contributed by atoms with Gasteiger partial charge >= 0.3 is 0 Å². The van der Waals surface area contributed by atoms with Crippen LogP contribution in [0.25, 0.3) is 0 Å². The zero-order chi connectivity index (χ0) is 25.2. The summed E-state index contributed by atoms with van der Waals surface area (Å²) in [6.07, 6.45) is 0.579. The zero-order valence-corrected chi connectivity index (χ0v) is 20.9. The maximum absolute atomic E-state index is 13.1. The minimum absolute atomic E-state index is 0.0537. The Morgan fingerprint density at radius 1 is 1.08 bits per heavy atom. The molecule has 36 heavy (non-hydrogen) atoms. The average molecular weight is 521 g/mol. The van der Waals surface area contributed by atoms with Crippen molar-refractivity contribution in [2.24, 2.45) is 10.1 Å². The molecule has 2 atom stereocenters. The topological polar surface area (TPSA) is 74.1 Å². The Morgan fingerprint density at radius 2 is 1.78 bits per heavy atom. The number of thioether (sulfide) groups is 1. The van der Waals surface area contributed by atoms with E-state index in [1.807, 2.05) is 55.5 Å². The monoisotopic (exact) mass is 520 g/mol. The summed E-state index contributed by atoms with van der Waals surface area (Å²) < 4.78 is 13.1. The third-order valence-corrected chi connectivity index (χ3v) is 7.37. The van der Waals surface area contributed by atoms with E-state index in [0.717, 1.165) is 22.4 Å². The Bertz CT molecular complexity index is 1360. The number of amidine groups is 1. The maximum atomic E-state index is 13.1. The summed E-state index contributed by atoms with van der Waals surface area (Å²) in [6.45, 7) is 2.03. The number of anilines is 1. The number of hydrogen-bond acceptors (Lipinski definition) is 5. The maximum Gasteiger partial charge on any atom is 0.262 e. The summed E-state index contributed by atoms with van der Waals surface area (Å²) in [6, 6.07) is 21.0. The largest absolute Gasteiger partial charge is 0.326 e. The van der Waals surface area contributed by atoms with Crippen molar-refractivity contribution in [2.45, 2.75) is 31.1 Å². The Labute approximate surface area is 217 Å². The molecule has 2 aliphatic rings. The van der Waals surface area contributed by atoms with Gasteiger partial charge in [-0.2, -0.15) is 10.1 Å². The summed E-state index contributed by atoms with van der Waals surface area (Å²) in [5.41, 5.74) is 4.52. The van der Waals surface area contributed by atoms with Crippen LogP contribution in [0.5, 0.6) is 0 Å². The lowest BCUT2D eigenvalue weighted by Gasteiger charge is -2.23. The fourth-order valence-electron chi connectivity index (χ4n) is 4.07. The smallest absolute Gasteiger partial charge is 0.262 e. The first-order valence-electron chi connectivity index (χ1n) is 11.4. The number of hydrogen-bond donors (Lipinski definition) is 1. The van der Waals surface area contributed by atoms with Crippen molar-refractivity contribution in [3.63, 3.8) is 0 Å². The number of nitrogens with zero attached hydrogens (tertiary/aromatic N) is 3. The molecular weight excluding hydrogens is 499 g/mol. The molecule has 3 aromatic carbocycles. The molecule has 1 N–H and O–H groups in total. The first-order valence-corrected chi connectivity index (χ1v) is 12.7. The lowest BCUT2D eigenvalue weighted by Crippen LogP contribution is -2.25. The highest BCUT2D eigenvalue weighted by Gasteiger charge is 2.39. The minimum Gasteiger partial charge on any atom is -0.326 e. The number of carbonyl (C=O) groups excluding carboxylic acids is 2. The summed E-state index contributed by atoms with van der Waals surface area (Å²) in [5.74, 6) is -1.11. The van der Waals surface area contributed by atoms with Crippen LogP contribution in [-0.4, -0.2) is 33.0 Å². The second-order valence-electron chi connectivity index (χ2n) is 8.63. The van der Waals surface area contributed by atoms with Gasteiger partial charge in [-0.05, 0) is 54.4 Å². The molecule has 0 unspecified atom stereocenters. The Balaban J connectivity index is 1.35. The van der Waals surface area contributed by atoms with E-state index in [9.17, 15) is 14.0 Å². The molecule has 2 aliphatic heterocycles. The van der Waals surface area contributed by atoms with Gasteiger partial charge in [0.1, 0.15) is 11.1 Å². The molecule has 0 radical (unpaired) electrons. The lowest BCUT2D eigenvalue weighted by molar-refractivity contribution is -0.121. The molecule has 0 fully saturated rings. The summed E-state index contributed by atoms with van der Waals surface area (Å²) in [4.78, 5) is 29.5. The van der Waals surface area contributed by atoms with E-state index in [0.29, 0.717) is 22.3 Å². The molecule has 3 aromatic rings. The van der Waals surface area contributed by atoms with Gasteiger partial charge in [-0.15, -0.1) is 0 Å². The van der Waals surface area contributed by atoms with E-state index in [1.54, 1.807) is 5.01 Å². The number of amides is 2. The fourth-order valence-corrected chi connectivity index (χ4v) is 5.26. The van der Waals surface area contributed by atoms with Crippen molar-refractivity contribution < 1.29 is 14.0 Å². The highest BCUT2D eigenvalue weighted by atomic mass is 35.5. The number of aryl methyl sites for hydroxylation is 1. The number of hydrazone groups is 1. The van der Waals surface area contributed by atoms with E-state index in [-0.39, 0.29) is 30.1 Å². The SMILES string of the molecule is Cc1ccc(C2=NN(C3=NC(=O)[C@@H](CC(=O)Nc4ccc(F)cc4)S3)[C@H](c3ccc(Cl)cc3)C2)cc1. The summed E-state index contributed by atoms with van der Waals surface area (Å²) >= 11 is 7.33. The first kappa shape index (κ1) is 24.2. The van der Waals surface area contributed by atoms with Crippen LogP contribution in [0.15, 0.2) is 82.9 Å². The van der Waals surface area contributed by atoms with Gasteiger partial charge in [-0.1, -0.05) is 65.3 Å². The predicted octanol–water partition coefficient (Wildman–Crippen LogP) is 5.97. The highest BCUT2D eigenvalue weighted by molar-refractivity contribution is 8.15. The quantitative estimate of drug-likeness (QED) is 0.450. The minimum atomic E-state index is -0.662. The molecule has 5 rings (SSSR count). The van der Waals surface area contributed by atoms with E-state index in [4.69, 9.17) is 16.7 Å². The molecule has 0 aliphatic carbocycles. The van der Waals surface area contributed by atoms with Gasteiger partial charge in [0, 0.05) is 23.6 Å². The Kier molecular flexibility index (Phi) is 6.89. The van der Waals surface area contributed by atoms with Gasteiger partial charge in [0.05, 0.1) is 11.8 Å². The standard InChI is InChI=1S/C27H22ClFN4O2S/c1-16-2-4-17(5-3-16)22-14-23(18-6-8-19(28)9-7-18)33(32-22)27-31-26(35)24(36-27)15-25(34)30-21-12-10-20(29)11-13-21/h2-13,23-24H,14-15H2,1H3,(H,30,34)/t23-,24+/m0/s1. The number of nitrogens with one attached hydrogen (secondary N) is 1. The molecule has 2 amide bonds. The van der Waals surface area contributed by atoms with E-state index < -0.39 is 5.25 Å². The van der Waals surface area contributed by atoms with Crippen LogP contribution in [0, 0.1) is 12.7 Å². The first-order chi connectivity index (χ1) is 17.4. The number of aliphatic imine (C=N–C) groups is 1. The molecule has 0 spiro atoms. The van der Waals surface area contributed by atoms with Crippen LogP contribution in [0.1, 0.15) is 35.6 Å². The van der Waals surface area contributed by atoms with Crippen molar-refractivity contribution in [1.82, 2.24) is 5.01 Å². The van der Waals surface area contributed by atoms with Crippen molar-refractivity contribution in [3.8, 4) is 0 Å². The predicted molar refractivity (Wildman–Crippen MR) is 142 cm³/mol. The van der Waals surface area contributed by atoms with Gasteiger partial charge in [0.2, 0.25) is 5.91 Å². The molecule has 2 heterocycles. The number of carbonyl (C=O) groups is 2. The number of benzene rings is 3. The van der Waals surface area contributed by atoms with Crippen LogP contribution >= 0.6 is 23.4 Å². The second-order valence-corrected chi connectivity index (χ2v) is 10.2. The molecule has 0 saturated heterocycles. The van der Waals surface area contributed by atoms with Crippen molar-refractivity contribution in [2.75, 3.05) is 5.32 Å². The Morgan fingerprint density at radius 3 is 2.47 bits per heavy atom. The van der Waals surface area contributed by atoms with Crippen LogP contribution in [-0.2, 0) is 9.59 Å².